The molecule has 0 nitrogen and oxygen atoms in total. The van der Waals surface area contributed by atoms with E-state index in [1.165, 1.54) is 5.57 Å². The maximum atomic E-state index is 3.74. The molecule has 0 aromatic rings. The third-order valence-electron chi connectivity index (χ3n) is 0.973. The van der Waals surface area contributed by atoms with E-state index < -0.39 is 0 Å². The Morgan fingerprint density at radius 2 is 2.14 bits per heavy atom. The molecular formula is C6H7B. The molecule has 0 spiro atoms. The van der Waals surface area contributed by atoms with Crippen LogP contribution >= 0.6 is 0 Å². The third kappa shape index (κ3) is 0.892. The van der Waals surface area contributed by atoms with Crippen molar-refractivity contribution in [3.63, 3.8) is 0 Å². The quantitative estimate of drug-likeness (QED) is 0.381. The van der Waals surface area contributed by atoms with Gasteiger partial charge < -0.3 is 0 Å². The standard InChI is InChI=1S/C6H7B/c1-5-2-3-6(7)4-5/h2-4,7H,1H3. The Morgan fingerprint density at radius 3 is 2.29 bits per heavy atom. The summed E-state index contributed by atoms with van der Waals surface area (Å²) >= 11 is 0. The van der Waals surface area contributed by atoms with Crippen LogP contribution < -0.4 is 0 Å². The Hall–Kier alpha value is -0.585. The normalized spacial score (nSPS) is 17.7. The summed E-state index contributed by atoms with van der Waals surface area (Å²) in [6, 6.07) is 0. The summed E-state index contributed by atoms with van der Waals surface area (Å²) in [5.74, 6) is 0. The van der Waals surface area contributed by atoms with Gasteiger partial charge in [-0.25, -0.2) is 0 Å². The van der Waals surface area contributed by atoms with Gasteiger partial charge >= 0.3 is 43.7 Å². The first-order valence-electron chi connectivity index (χ1n) is 2.34. The molecule has 0 aliphatic heterocycles. The molecule has 1 aliphatic carbocycles. The van der Waals surface area contributed by atoms with Gasteiger partial charge in [-0.2, -0.15) is 0 Å². The van der Waals surface area contributed by atoms with Crippen LogP contribution in [0, 0.1) is 0 Å². The van der Waals surface area contributed by atoms with Crippen LogP contribution in [-0.4, -0.2) is 13.0 Å². The molecule has 0 aromatic heterocycles. The molecule has 7 heavy (non-hydrogen) atoms. The summed E-state index contributed by atoms with van der Waals surface area (Å²) in [4.78, 5) is 0. The average molecular weight is 89.9 g/mol. The Morgan fingerprint density at radius 1 is 1.43 bits per heavy atom. The van der Waals surface area contributed by atoms with Crippen molar-refractivity contribution in [2.24, 2.45) is 0 Å². The second-order valence-electron chi connectivity index (χ2n) is 1.80. The molecule has 0 unspecified atom stereocenters. The zero-order chi connectivity index (χ0) is 5.28. The average Bonchev–Trinajstić information content (AvgIpc) is 1.87. The van der Waals surface area contributed by atoms with Crippen molar-refractivity contribution in [1.29, 1.82) is 0 Å². The van der Waals surface area contributed by atoms with Crippen LogP contribution in [-0.2, 0) is 0 Å². The zero-order valence-corrected chi connectivity index (χ0v) is 4.44. The monoisotopic (exact) mass is 90.1 g/mol. The molecule has 0 amide bonds. The van der Waals surface area contributed by atoms with Gasteiger partial charge in [-0.15, -0.1) is 0 Å². The minimum atomic E-state index is 1.11. The SMILES string of the molecule is B=C1C=CC(C)=C1. The van der Waals surface area contributed by atoms with E-state index in [4.69, 9.17) is 0 Å². The zero-order valence-electron chi connectivity index (χ0n) is 4.44. The molecule has 0 heterocycles. The van der Waals surface area contributed by atoms with Crippen molar-refractivity contribution >= 4 is 13.0 Å². The van der Waals surface area contributed by atoms with Gasteiger partial charge in [-0.1, -0.05) is 0 Å². The van der Waals surface area contributed by atoms with Gasteiger partial charge in [0.05, 0.1) is 0 Å². The maximum absolute atomic E-state index is 3.74. The Bertz CT molecular complexity index is 152. The van der Waals surface area contributed by atoms with Crippen LogP contribution in [0.5, 0.6) is 0 Å². The molecule has 1 rings (SSSR count). The summed E-state index contributed by atoms with van der Waals surface area (Å²) in [5, 5.41) is 0. The van der Waals surface area contributed by atoms with Gasteiger partial charge in [0.25, 0.3) is 0 Å². The van der Waals surface area contributed by atoms with Gasteiger partial charge in [0.1, 0.15) is 0 Å². The second-order valence-corrected chi connectivity index (χ2v) is 1.80. The van der Waals surface area contributed by atoms with Crippen molar-refractivity contribution < 1.29 is 0 Å². The molecule has 0 saturated heterocycles. The first kappa shape index (κ1) is 4.57. The van der Waals surface area contributed by atoms with Gasteiger partial charge in [-0.3, -0.25) is 0 Å². The summed E-state index contributed by atoms with van der Waals surface area (Å²) in [6.07, 6.45) is 6.12. The molecule has 0 saturated carbocycles. The van der Waals surface area contributed by atoms with Crippen molar-refractivity contribution in [1.82, 2.24) is 0 Å². The van der Waals surface area contributed by atoms with E-state index >= 15 is 0 Å². The van der Waals surface area contributed by atoms with Gasteiger partial charge in [-0.05, 0) is 0 Å². The molecular weight excluding hydrogens is 82.9 g/mol. The molecule has 0 aromatic carbocycles. The van der Waals surface area contributed by atoms with Crippen molar-refractivity contribution in [3.8, 4) is 0 Å². The summed E-state index contributed by atoms with van der Waals surface area (Å²) in [5.41, 5.74) is 2.41. The minimum absolute atomic E-state index is 1.11. The molecule has 1 aliphatic rings. The van der Waals surface area contributed by atoms with E-state index in [0.717, 1.165) is 5.46 Å². The molecule has 34 valence electrons. The Balaban J connectivity index is 2.88. The first-order valence-corrected chi connectivity index (χ1v) is 2.34. The van der Waals surface area contributed by atoms with Gasteiger partial charge in [0.2, 0.25) is 0 Å². The van der Waals surface area contributed by atoms with Crippen molar-refractivity contribution in [2.75, 3.05) is 0 Å². The van der Waals surface area contributed by atoms with Crippen molar-refractivity contribution in [3.05, 3.63) is 23.8 Å². The van der Waals surface area contributed by atoms with Gasteiger partial charge in [0, 0.05) is 0 Å². The van der Waals surface area contributed by atoms with Crippen LogP contribution in [0.4, 0.5) is 0 Å². The van der Waals surface area contributed by atoms with Crippen LogP contribution in [0.3, 0.4) is 0 Å². The van der Waals surface area contributed by atoms with E-state index in [9.17, 15) is 0 Å². The number of hydrogen-bond acceptors (Lipinski definition) is 0. The fourth-order valence-electron chi connectivity index (χ4n) is 0.627. The predicted molar refractivity (Wildman–Crippen MR) is 35.1 cm³/mol. The van der Waals surface area contributed by atoms with Crippen LogP contribution in [0.25, 0.3) is 0 Å². The summed E-state index contributed by atoms with van der Waals surface area (Å²) in [7, 11) is 3.74. The van der Waals surface area contributed by atoms with Crippen LogP contribution in [0.1, 0.15) is 6.92 Å². The van der Waals surface area contributed by atoms with Gasteiger partial charge in [0.15, 0.2) is 0 Å². The van der Waals surface area contributed by atoms with E-state index in [1.54, 1.807) is 0 Å². The second kappa shape index (κ2) is 1.49. The topological polar surface area (TPSA) is 0 Å². The predicted octanol–water partition coefficient (Wildman–Crippen LogP) is 0.576. The summed E-state index contributed by atoms with van der Waals surface area (Å²) in [6.45, 7) is 2.06. The van der Waals surface area contributed by atoms with Crippen LogP contribution in [0.2, 0.25) is 0 Å². The molecule has 0 fully saturated rings. The summed E-state index contributed by atoms with van der Waals surface area (Å²) < 4.78 is 0. The number of rotatable bonds is 0. The molecule has 0 N–H and O–H groups in total. The Kier molecular flexibility index (Phi) is 0.973. The fourth-order valence-corrected chi connectivity index (χ4v) is 0.627. The van der Waals surface area contributed by atoms with E-state index in [2.05, 4.69) is 26.6 Å². The Labute approximate surface area is 44.6 Å². The van der Waals surface area contributed by atoms with E-state index in [-0.39, 0.29) is 0 Å². The molecule has 1 heteroatoms. The third-order valence-corrected chi connectivity index (χ3v) is 0.973. The first-order chi connectivity index (χ1) is 3.29. The number of allylic oxidation sites excluding steroid dienone is 4. The van der Waals surface area contributed by atoms with E-state index in [0.29, 0.717) is 0 Å². The number of hydrogen-bond donors (Lipinski definition) is 0. The van der Waals surface area contributed by atoms with Crippen molar-refractivity contribution in [2.45, 2.75) is 6.92 Å². The molecule has 0 bridgehead atoms. The molecule has 0 radical (unpaired) electrons. The fraction of sp³-hybridized carbons (Fsp3) is 0.167. The molecule has 0 atom stereocenters. The van der Waals surface area contributed by atoms with Crippen LogP contribution in [0.15, 0.2) is 23.8 Å². The van der Waals surface area contributed by atoms with E-state index in [1.807, 2.05) is 6.08 Å².